The molecule has 0 unspecified atom stereocenters. The van der Waals surface area contributed by atoms with Gasteiger partial charge < -0.3 is 10.2 Å². The van der Waals surface area contributed by atoms with Crippen molar-refractivity contribution >= 4 is 34.0 Å². The summed E-state index contributed by atoms with van der Waals surface area (Å²) in [7, 11) is 0. The van der Waals surface area contributed by atoms with E-state index in [1.54, 1.807) is 4.90 Å². The number of carbonyl (C=O) groups excluding carboxylic acids is 2. The smallest absolute Gasteiger partial charge is 0.258 e. The number of aryl methyl sites for hydroxylation is 2. The molecular formula is C24H22N2O2. The van der Waals surface area contributed by atoms with Crippen LogP contribution in [0.2, 0.25) is 0 Å². The topological polar surface area (TPSA) is 49.4 Å². The fourth-order valence-corrected chi connectivity index (χ4v) is 4.54. The van der Waals surface area contributed by atoms with E-state index < -0.39 is 0 Å². The number of rotatable bonds is 3. The van der Waals surface area contributed by atoms with Crippen LogP contribution < -0.4 is 10.2 Å². The highest BCUT2D eigenvalue weighted by atomic mass is 16.2. The van der Waals surface area contributed by atoms with Gasteiger partial charge in [0.05, 0.1) is 5.69 Å². The highest BCUT2D eigenvalue weighted by Crippen LogP contribution is 2.40. The minimum atomic E-state index is -0.106. The van der Waals surface area contributed by atoms with Crippen LogP contribution in [0.4, 0.5) is 11.4 Å². The van der Waals surface area contributed by atoms with E-state index in [0.717, 1.165) is 35.0 Å². The summed E-state index contributed by atoms with van der Waals surface area (Å²) in [6, 6.07) is 15.6. The fraction of sp³-hybridized carbons (Fsp3) is 0.250. The standard InChI is InChI=1S/C24H22N2O2/c1-2-26-21-13-12-20(18-8-5-9-19(22(18)21)24(26)28)25-23(27)17-11-10-15-6-3-4-7-16(15)14-17/h5,8-14H,2-4,6-7H2,1H3,(H,25,27). The van der Waals surface area contributed by atoms with Gasteiger partial charge in [-0.25, -0.2) is 0 Å². The molecule has 1 aliphatic heterocycles. The van der Waals surface area contributed by atoms with Crippen molar-refractivity contribution in [2.45, 2.75) is 32.6 Å². The lowest BCUT2D eigenvalue weighted by Crippen LogP contribution is -2.25. The van der Waals surface area contributed by atoms with Gasteiger partial charge in [-0.15, -0.1) is 0 Å². The quantitative estimate of drug-likeness (QED) is 0.709. The lowest BCUT2D eigenvalue weighted by Gasteiger charge is -2.17. The van der Waals surface area contributed by atoms with Crippen molar-refractivity contribution in [2.24, 2.45) is 0 Å². The summed E-state index contributed by atoms with van der Waals surface area (Å²) in [5.74, 6) is -0.0768. The van der Waals surface area contributed by atoms with Gasteiger partial charge in [0, 0.05) is 34.1 Å². The maximum atomic E-state index is 12.9. The molecular weight excluding hydrogens is 348 g/mol. The number of hydrogen-bond acceptors (Lipinski definition) is 2. The molecule has 5 rings (SSSR count). The number of nitrogens with one attached hydrogen (secondary N) is 1. The van der Waals surface area contributed by atoms with Gasteiger partial charge in [0.1, 0.15) is 0 Å². The lowest BCUT2D eigenvalue weighted by molar-refractivity contribution is 0.0992. The molecule has 0 aromatic heterocycles. The van der Waals surface area contributed by atoms with Gasteiger partial charge in [-0.2, -0.15) is 0 Å². The molecule has 4 heteroatoms. The van der Waals surface area contributed by atoms with Crippen molar-refractivity contribution in [3.63, 3.8) is 0 Å². The highest BCUT2D eigenvalue weighted by Gasteiger charge is 2.29. The third kappa shape index (κ3) is 2.52. The van der Waals surface area contributed by atoms with Gasteiger partial charge in [0.2, 0.25) is 0 Å². The van der Waals surface area contributed by atoms with Crippen LogP contribution in [0.1, 0.15) is 51.6 Å². The number of nitrogens with zero attached hydrogens (tertiary/aromatic N) is 1. The molecule has 0 fully saturated rings. The second-order valence-electron chi connectivity index (χ2n) is 7.55. The van der Waals surface area contributed by atoms with Crippen molar-refractivity contribution in [3.05, 3.63) is 70.8 Å². The van der Waals surface area contributed by atoms with Gasteiger partial charge in [-0.05, 0) is 74.1 Å². The predicted molar refractivity (Wildman–Crippen MR) is 112 cm³/mol. The second-order valence-corrected chi connectivity index (χ2v) is 7.55. The van der Waals surface area contributed by atoms with E-state index in [0.29, 0.717) is 17.7 Å². The van der Waals surface area contributed by atoms with Crippen LogP contribution in [0.15, 0.2) is 48.5 Å². The van der Waals surface area contributed by atoms with Gasteiger partial charge in [-0.1, -0.05) is 18.2 Å². The molecule has 3 aromatic carbocycles. The number of fused-ring (bicyclic) bond motifs is 1. The Morgan fingerprint density at radius 2 is 1.86 bits per heavy atom. The summed E-state index contributed by atoms with van der Waals surface area (Å²) < 4.78 is 0. The Morgan fingerprint density at radius 1 is 1.04 bits per heavy atom. The predicted octanol–water partition coefficient (Wildman–Crippen LogP) is 4.95. The first-order valence-corrected chi connectivity index (χ1v) is 9.98. The van der Waals surface area contributed by atoms with Crippen LogP contribution in [-0.2, 0) is 12.8 Å². The summed E-state index contributed by atoms with van der Waals surface area (Å²) in [5, 5.41) is 4.91. The largest absolute Gasteiger partial charge is 0.321 e. The van der Waals surface area contributed by atoms with E-state index in [2.05, 4.69) is 11.4 Å². The Kier molecular flexibility index (Phi) is 3.93. The lowest BCUT2D eigenvalue weighted by atomic mass is 9.90. The van der Waals surface area contributed by atoms with Gasteiger partial charge >= 0.3 is 0 Å². The minimum Gasteiger partial charge on any atom is -0.321 e. The molecule has 0 atom stereocenters. The van der Waals surface area contributed by atoms with Crippen molar-refractivity contribution in [1.29, 1.82) is 0 Å². The Labute approximate surface area is 164 Å². The molecule has 0 saturated carbocycles. The Morgan fingerprint density at radius 3 is 2.68 bits per heavy atom. The highest BCUT2D eigenvalue weighted by molar-refractivity contribution is 6.27. The number of amides is 2. The van der Waals surface area contributed by atoms with Crippen LogP contribution in [0.5, 0.6) is 0 Å². The second kappa shape index (κ2) is 6.48. The van der Waals surface area contributed by atoms with Crippen molar-refractivity contribution in [1.82, 2.24) is 0 Å². The van der Waals surface area contributed by atoms with E-state index >= 15 is 0 Å². The van der Waals surface area contributed by atoms with Crippen molar-refractivity contribution < 1.29 is 9.59 Å². The Hall–Kier alpha value is -3.14. The molecule has 0 saturated heterocycles. The zero-order chi connectivity index (χ0) is 19.3. The summed E-state index contributed by atoms with van der Waals surface area (Å²) in [6.45, 7) is 2.60. The number of benzene rings is 3. The maximum absolute atomic E-state index is 12.9. The van der Waals surface area contributed by atoms with Crippen LogP contribution >= 0.6 is 0 Å². The first kappa shape index (κ1) is 17.0. The van der Waals surface area contributed by atoms with Crippen LogP contribution in [0.3, 0.4) is 0 Å². The average Bonchev–Trinajstić information content (AvgIpc) is 3.02. The zero-order valence-electron chi connectivity index (χ0n) is 15.9. The summed E-state index contributed by atoms with van der Waals surface area (Å²) in [4.78, 5) is 27.3. The third-order valence-electron chi connectivity index (χ3n) is 5.96. The molecule has 140 valence electrons. The minimum absolute atomic E-state index is 0.0289. The van der Waals surface area contributed by atoms with Gasteiger partial charge in [0.15, 0.2) is 0 Å². The third-order valence-corrected chi connectivity index (χ3v) is 5.96. The maximum Gasteiger partial charge on any atom is 0.258 e. The van der Waals surface area contributed by atoms with E-state index in [9.17, 15) is 9.59 Å². The molecule has 1 N–H and O–H groups in total. The molecule has 3 aromatic rings. The summed E-state index contributed by atoms with van der Waals surface area (Å²) >= 11 is 0. The molecule has 2 amide bonds. The number of anilines is 2. The van der Waals surface area contributed by atoms with E-state index in [1.807, 2.05) is 49.4 Å². The normalized spacial score (nSPS) is 15.0. The number of hydrogen-bond donors (Lipinski definition) is 1. The van der Waals surface area contributed by atoms with E-state index in [4.69, 9.17) is 0 Å². The molecule has 2 aliphatic rings. The fourth-order valence-electron chi connectivity index (χ4n) is 4.54. The summed E-state index contributed by atoms with van der Waals surface area (Å²) in [6.07, 6.45) is 4.57. The van der Waals surface area contributed by atoms with Gasteiger partial charge in [-0.3, -0.25) is 9.59 Å². The van der Waals surface area contributed by atoms with E-state index in [1.165, 1.54) is 24.0 Å². The van der Waals surface area contributed by atoms with Gasteiger partial charge in [0.25, 0.3) is 11.8 Å². The van der Waals surface area contributed by atoms with Crippen LogP contribution in [-0.4, -0.2) is 18.4 Å². The Balaban J connectivity index is 1.52. The van der Waals surface area contributed by atoms with E-state index in [-0.39, 0.29) is 11.8 Å². The average molecular weight is 370 g/mol. The molecule has 1 heterocycles. The van der Waals surface area contributed by atoms with Crippen molar-refractivity contribution in [3.8, 4) is 0 Å². The molecule has 28 heavy (non-hydrogen) atoms. The monoisotopic (exact) mass is 370 g/mol. The first-order valence-electron chi connectivity index (χ1n) is 9.98. The molecule has 0 bridgehead atoms. The van der Waals surface area contributed by atoms with Crippen LogP contribution in [0.25, 0.3) is 10.8 Å². The Bertz CT molecular complexity index is 1130. The molecule has 4 nitrogen and oxygen atoms in total. The SMILES string of the molecule is CCN1C(=O)c2cccc3c(NC(=O)c4ccc5c(c4)CCCC5)ccc1c23. The molecule has 0 spiro atoms. The van der Waals surface area contributed by atoms with Crippen LogP contribution in [0, 0.1) is 0 Å². The number of carbonyl (C=O) groups is 2. The van der Waals surface area contributed by atoms with Crippen molar-refractivity contribution in [2.75, 3.05) is 16.8 Å². The molecule has 0 radical (unpaired) electrons. The first-order chi connectivity index (χ1) is 13.7. The molecule has 1 aliphatic carbocycles. The summed E-state index contributed by atoms with van der Waals surface area (Å²) in [5.41, 5.74) is 5.73. The zero-order valence-corrected chi connectivity index (χ0v) is 15.9.